The maximum absolute atomic E-state index is 15.1. The Kier molecular flexibility index (Phi) is 10.2. The van der Waals surface area contributed by atoms with Gasteiger partial charge in [-0.1, -0.05) is 132 Å². The molecule has 1 saturated heterocycles. The first-order chi connectivity index (χ1) is 33.8. The van der Waals surface area contributed by atoms with Crippen molar-refractivity contribution in [1.29, 1.82) is 0 Å². The lowest BCUT2D eigenvalue weighted by Gasteiger charge is -2.26. The zero-order chi connectivity index (χ0) is 51.5. The second-order valence-corrected chi connectivity index (χ2v) is 24.7. The van der Waals surface area contributed by atoms with Crippen molar-refractivity contribution < 1.29 is 19.2 Å². The average Bonchev–Trinajstić information content (AvgIpc) is 3.98. The number of aryl methyl sites for hydroxylation is 2. The van der Waals surface area contributed by atoms with Crippen LogP contribution in [0.15, 0.2) is 127 Å². The molecule has 8 heteroatoms. The second-order valence-electron chi connectivity index (χ2n) is 24.7. The molecule has 1 aliphatic carbocycles. The molecule has 4 heterocycles. The lowest BCUT2D eigenvalue weighted by Crippen LogP contribution is -2.34. The predicted molar refractivity (Wildman–Crippen MR) is 294 cm³/mol. The van der Waals surface area contributed by atoms with Gasteiger partial charge in [0.1, 0.15) is 0 Å². The van der Waals surface area contributed by atoms with Crippen molar-refractivity contribution >= 4 is 78.6 Å². The number of hydrogen-bond acceptors (Lipinski definition) is 4. The van der Waals surface area contributed by atoms with Crippen LogP contribution in [0.1, 0.15) is 143 Å². The first kappa shape index (κ1) is 47.0. The molecule has 2 atom stereocenters. The normalized spacial score (nSPS) is 17.7. The van der Waals surface area contributed by atoms with E-state index in [9.17, 15) is 9.59 Å². The molecule has 0 radical (unpaired) electrons. The Labute approximate surface area is 422 Å². The fourth-order valence-corrected chi connectivity index (χ4v) is 11.5. The SMILES string of the molecule is Cc1cc(N2C(=O)C3=CC=CC(n4c5ccc(C(C)(C)C)cc5c5cc(C(C)(C)C)ccc54)C3C2=O)c(C)cc1N1C(=O)c2cccc(-n3c4ccc(C(C)(C)C)cc4c4cc(C(C)(C)C)ccc43)c2C1=O. The number of rotatable bonds is 4. The van der Waals surface area contributed by atoms with Crippen LogP contribution in [0.4, 0.5) is 11.4 Å². The molecule has 0 N–H and O–H groups in total. The van der Waals surface area contributed by atoms with E-state index in [4.69, 9.17) is 0 Å². The molecule has 11 rings (SSSR count). The Morgan fingerprint density at radius 3 is 1.33 bits per heavy atom. The maximum Gasteiger partial charge on any atom is 0.268 e. The average molecular weight is 953 g/mol. The molecular weight excluding hydrogens is 889 g/mol. The predicted octanol–water partition coefficient (Wildman–Crippen LogP) is 14.7. The summed E-state index contributed by atoms with van der Waals surface area (Å²) in [5, 5.41) is 4.40. The topological polar surface area (TPSA) is 84.6 Å². The molecule has 72 heavy (non-hydrogen) atoms. The van der Waals surface area contributed by atoms with Crippen LogP contribution in [-0.4, -0.2) is 32.8 Å². The highest BCUT2D eigenvalue weighted by molar-refractivity contribution is 6.36. The highest BCUT2D eigenvalue weighted by Crippen LogP contribution is 2.47. The Bertz CT molecular complexity index is 3660. The summed E-state index contributed by atoms with van der Waals surface area (Å²) in [6, 6.07) is 35.0. The summed E-state index contributed by atoms with van der Waals surface area (Å²) in [5.74, 6) is -2.32. The summed E-state index contributed by atoms with van der Waals surface area (Å²) >= 11 is 0. The van der Waals surface area contributed by atoms with E-state index in [1.807, 2.05) is 38.1 Å². The molecule has 6 aromatic carbocycles. The molecule has 8 aromatic rings. The number of carbonyl (C=O) groups excluding carboxylic acids is 4. The van der Waals surface area contributed by atoms with E-state index in [1.165, 1.54) is 32.1 Å². The van der Waals surface area contributed by atoms with Crippen molar-refractivity contribution in [3.05, 3.63) is 171 Å². The molecule has 0 spiro atoms. The van der Waals surface area contributed by atoms with Crippen molar-refractivity contribution in [1.82, 2.24) is 9.13 Å². The van der Waals surface area contributed by atoms with Crippen LogP contribution in [-0.2, 0) is 31.2 Å². The number of amides is 4. The van der Waals surface area contributed by atoms with Gasteiger partial charge in [-0.3, -0.25) is 19.2 Å². The largest absolute Gasteiger partial charge is 0.332 e. The van der Waals surface area contributed by atoms with Gasteiger partial charge in [-0.2, -0.15) is 0 Å². The van der Waals surface area contributed by atoms with Gasteiger partial charge in [-0.05, 0) is 142 Å². The third-order valence-electron chi connectivity index (χ3n) is 15.7. The monoisotopic (exact) mass is 952 g/mol. The van der Waals surface area contributed by atoms with Crippen molar-refractivity contribution in [3.8, 4) is 5.69 Å². The third kappa shape index (κ3) is 6.99. The van der Waals surface area contributed by atoms with E-state index in [1.54, 1.807) is 24.3 Å². The summed E-state index contributed by atoms with van der Waals surface area (Å²) in [6.45, 7) is 30.2. The van der Waals surface area contributed by atoms with Crippen LogP contribution in [0, 0.1) is 19.8 Å². The Morgan fingerprint density at radius 2 is 0.875 bits per heavy atom. The van der Waals surface area contributed by atoms with Gasteiger partial charge in [0, 0.05) is 38.2 Å². The molecular formula is C64H64N4O4. The van der Waals surface area contributed by atoms with Crippen molar-refractivity contribution in [3.63, 3.8) is 0 Å². The van der Waals surface area contributed by atoms with Gasteiger partial charge in [0.05, 0.1) is 51.2 Å². The van der Waals surface area contributed by atoms with E-state index >= 15 is 9.59 Å². The van der Waals surface area contributed by atoms with Gasteiger partial charge < -0.3 is 9.13 Å². The number of hydrogen-bond donors (Lipinski definition) is 0. The van der Waals surface area contributed by atoms with E-state index in [0.29, 0.717) is 44.9 Å². The number of imide groups is 2. The quantitative estimate of drug-likeness (QED) is 0.165. The lowest BCUT2D eigenvalue weighted by atomic mass is 9.85. The van der Waals surface area contributed by atoms with Gasteiger partial charge in [-0.15, -0.1) is 0 Å². The number of aromatic nitrogens is 2. The zero-order valence-corrected chi connectivity index (χ0v) is 44.1. The maximum atomic E-state index is 15.1. The highest BCUT2D eigenvalue weighted by atomic mass is 16.2. The minimum atomic E-state index is -0.777. The number of carbonyl (C=O) groups is 4. The second kappa shape index (κ2) is 15.6. The summed E-state index contributed by atoms with van der Waals surface area (Å²) in [7, 11) is 0. The molecule has 3 aliphatic rings. The van der Waals surface area contributed by atoms with Gasteiger partial charge in [-0.25, -0.2) is 9.80 Å². The zero-order valence-electron chi connectivity index (χ0n) is 44.1. The minimum absolute atomic E-state index is 0.0749. The fourth-order valence-electron chi connectivity index (χ4n) is 11.5. The summed E-state index contributed by atoms with van der Waals surface area (Å²) < 4.78 is 4.38. The van der Waals surface area contributed by atoms with Crippen LogP contribution in [0.3, 0.4) is 0 Å². The van der Waals surface area contributed by atoms with Crippen LogP contribution in [0.2, 0.25) is 0 Å². The molecule has 0 saturated carbocycles. The van der Waals surface area contributed by atoms with Crippen LogP contribution < -0.4 is 9.80 Å². The number of fused-ring (bicyclic) bond motifs is 8. The molecule has 0 bridgehead atoms. The number of allylic oxidation sites excluding steroid dienone is 3. The van der Waals surface area contributed by atoms with Crippen molar-refractivity contribution in [2.75, 3.05) is 9.80 Å². The molecule has 4 amide bonds. The van der Waals surface area contributed by atoms with Gasteiger partial charge in [0.25, 0.3) is 17.7 Å². The molecule has 364 valence electrons. The number of nitrogens with zero attached hydrogens (tertiary/aromatic N) is 4. The Morgan fingerprint density at radius 1 is 0.444 bits per heavy atom. The summed E-state index contributed by atoms with van der Waals surface area (Å²) in [5.41, 5.74) is 12.1. The molecule has 2 aliphatic heterocycles. The van der Waals surface area contributed by atoms with Crippen molar-refractivity contribution in [2.45, 2.75) is 125 Å². The van der Waals surface area contributed by atoms with Gasteiger partial charge in [0.2, 0.25) is 5.91 Å². The van der Waals surface area contributed by atoms with Gasteiger partial charge in [0.15, 0.2) is 0 Å². The van der Waals surface area contributed by atoms with Crippen molar-refractivity contribution in [2.24, 2.45) is 5.92 Å². The Hall–Kier alpha value is -7.32. The number of anilines is 2. The standard InChI is InChI=1S/C64H64N4O4/c1-35-29-54(68-58(70)42-18-16-20-52(56(42)60(68)72)66-49-27-23-39(63(9,10)11)33-45(49)46-34-40(64(12,13)14)24-28-50(46)66)36(2)30-53(35)67-57(69)41-17-15-19-51(55(41)59(67)71)65-47-25-21-37(61(3,4)5)31-43(47)44-32-38(62(6,7)8)22-26-48(44)65/h15-34,51,55H,1-14H3. The Balaban J connectivity index is 0.975. The lowest BCUT2D eigenvalue weighted by molar-refractivity contribution is -0.122. The molecule has 2 unspecified atom stereocenters. The van der Waals surface area contributed by atoms with E-state index < -0.39 is 23.8 Å². The summed E-state index contributed by atoms with van der Waals surface area (Å²) in [6.07, 6.45) is 5.72. The number of benzene rings is 6. The van der Waals surface area contributed by atoms with E-state index in [-0.39, 0.29) is 33.5 Å². The fraction of sp³-hybridized carbons (Fsp3) is 0.312. The first-order valence-corrected chi connectivity index (χ1v) is 25.3. The minimum Gasteiger partial charge on any atom is -0.332 e. The van der Waals surface area contributed by atoms with Crippen LogP contribution in [0.5, 0.6) is 0 Å². The van der Waals surface area contributed by atoms with Crippen LogP contribution in [0.25, 0.3) is 49.3 Å². The molecule has 2 aromatic heterocycles. The smallest absolute Gasteiger partial charge is 0.268 e. The van der Waals surface area contributed by atoms with E-state index in [2.05, 4.69) is 165 Å². The van der Waals surface area contributed by atoms with E-state index in [0.717, 1.165) is 43.6 Å². The molecule has 1 fully saturated rings. The third-order valence-corrected chi connectivity index (χ3v) is 15.7. The van der Waals surface area contributed by atoms with Crippen LogP contribution >= 0.6 is 0 Å². The summed E-state index contributed by atoms with van der Waals surface area (Å²) in [4.78, 5) is 62.2. The molecule has 8 nitrogen and oxygen atoms in total. The van der Waals surface area contributed by atoms with Gasteiger partial charge >= 0.3 is 0 Å². The first-order valence-electron chi connectivity index (χ1n) is 25.3. The highest BCUT2D eigenvalue weighted by Gasteiger charge is 2.50.